The minimum Gasteiger partial charge on any atom is -0.373 e. The van der Waals surface area contributed by atoms with Crippen LogP contribution >= 0.6 is 0 Å². The molecule has 6 heteroatoms. The summed E-state index contributed by atoms with van der Waals surface area (Å²) < 4.78 is 31.7. The molecule has 2 fully saturated rings. The summed E-state index contributed by atoms with van der Waals surface area (Å²) in [5.74, 6) is 0. The van der Waals surface area contributed by atoms with E-state index in [0.717, 1.165) is 32.4 Å². The van der Waals surface area contributed by atoms with Crippen molar-refractivity contribution in [3.63, 3.8) is 0 Å². The summed E-state index contributed by atoms with van der Waals surface area (Å²) in [4.78, 5) is 0. The van der Waals surface area contributed by atoms with Gasteiger partial charge in [0.1, 0.15) is 0 Å². The Morgan fingerprint density at radius 2 is 1.84 bits per heavy atom. The quantitative estimate of drug-likeness (QED) is 0.823. The van der Waals surface area contributed by atoms with Crippen LogP contribution < -0.4 is 5.32 Å². The van der Waals surface area contributed by atoms with Crippen molar-refractivity contribution in [3.8, 4) is 0 Å². The molecule has 2 saturated heterocycles. The monoisotopic (exact) mass is 290 g/mol. The van der Waals surface area contributed by atoms with Crippen LogP contribution in [0.4, 0.5) is 0 Å². The van der Waals surface area contributed by atoms with Gasteiger partial charge in [0.2, 0.25) is 10.0 Å². The van der Waals surface area contributed by atoms with Crippen LogP contribution in [0.1, 0.15) is 40.0 Å². The maximum atomic E-state index is 12.5. The van der Waals surface area contributed by atoms with Crippen LogP contribution in [0.25, 0.3) is 0 Å². The lowest BCUT2D eigenvalue weighted by atomic mass is 9.88. The van der Waals surface area contributed by atoms with E-state index in [9.17, 15) is 8.42 Å². The average molecular weight is 290 g/mol. The maximum Gasteiger partial charge on any atom is 0.219 e. The molecule has 1 spiro atoms. The molecule has 0 amide bonds. The molecule has 0 aromatic carbocycles. The number of sulfonamides is 1. The van der Waals surface area contributed by atoms with Crippen LogP contribution in [0.15, 0.2) is 0 Å². The van der Waals surface area contributed by atoms with Crippen molar-refractivity contribution in [2.75, 3.05) is 26.7 Å². The van der Waals surface area contributed by atoms with Crippen LogP contribution in [0, 0.1) is 0 Å². The Labute approximate surface area is 116 Å². The Balaban J connectivity index is 2.09. The van der Waals surface area contributed by atoms with Gasteiger partial charge in [0.15, 0.2) is 0 Å². The summed E-state index contributed by atoms with van der Waals surface area (Å²) in [6.45, 7) is 7.68. The van der Waals surface area contributed by atoms with E-state index < -0.39 is 14.8 Å². The number of ether oxygens (including phenoxy) is 1. The number of hydrogen-bond acceptors (Lipinski definition) is 4. The molecule has 5 nitrogen and oxygen atoms in total. The van der Waals surface area contributed by atoms with Crippen molar-refractivity contribution in [2.24, 2.45) is 0 Å². The summed E-state index contributed by atoms with van der Waals surface area (Å²) in [5, 5.41) is 3.32. The largest absolute Gasteiger partial charge is 0.373 e. The third-order valence-electron chi connectivity index (χ3n) is 4.37. The van der Waals surface area contributed by atoms with Gasteiger partial charge in [0, 0.05) is 7.05 Å². The van der Waals surface area contributed by atoms with Gasteiger partial charge in [-0.25, -0.2) is 8.42 Å². The van der Waals surface area contributed by atoms with Gasteiger partial charge < -0.3 is 10.1 Å². The van der Waals surface area contributed by atoms with E-state index >= 15 is 0 Å². The van der Waals surface area contributed by atoms with Crippen molar-refractivity contribution in [1.82, 2.24) is 9.62 Å². The fourth-order valence-electron chi connectivity index (χ4n) is 2.91. The molecule has 2 aliphatic rings. The van der Waals surface area contributed by atoms with E-state index in [1.807, 2.05) is 0 Å². The SMILES string of the molecule is CN([C@H]1COC2(CCNCC2)C1)S(=O)(=O)C(C)(C)C. The van der Waals surface area contributed by atoms with Crippen molar-refractivity contribution >= 4 is 10.0 Å². The summed E-state index contributed by atoms with van der Waals surface area (Å²) >= 11 is 0. The van der Waals surface area contributed by atoms with Gasteiger partial charge in [0.05, 0.1) is 23.0 Å². The summed E-state index contributed by atoms with van der Waals surface area (Å²) in [5.41, 5.74) is -0.0996. The van der Waals surface area contributed by atoms with Crippen molar-refractivity contribution in [1.29, 1.82) is 0 Å². The number of likely N-dealkylation sites (N-methyl/N-ethyl adjacent to an activating group) is 1. The van der Waals surface area contributed by atoms with Crippen LogP contribution in [0.3, 0.4) is 0 Å². The number of nitrogens with one attached hydrogen (secondary N) is 1. The van der Waals surface area contributed by atoms with Crippen molar-refractivity contribution in [2.45, 2.75) is 56.4 Å². The smallest absolute Gasteiger partial charge is 0.219 e. The highest BCUT2D eigenvalue weighted by Crippen LogP contribution is 2.37. The highest BCUT2D eigenvalue weighted by Gasteiger charge is 2.46. The molecule has 112 valence electrons. The highest BCUT2D eigenvalue weighted by molar-refractivity contribution is 7.90. The summed E-state index contributed by atoms with van der Waals surface area (Å²) in [7, 11) is -1.59. The molecule has 0 aromatic rings. The lowest BCUT2D eigenvalue weighted by molar-refractivity contribution is -0.0197. The molecule has 2 rings (SSSR count). The van der Waals surface area contributed by atoms with Gasteiger partial charge in [-0.05, 0) is 53.1 Å². The van der Waals surface area contributed by atoms with E-state index in [1.54, 1.807) is 27.8 Å². The van der Waals surface area contributed by atoms with Crippen molar-refractivity contribution in [3.05, 3.63) is 0 Å². The zero-order valence-electron chi connectivity index (χ0n) is 12.4. The van der Waals surface area contributed by atoms with E-state index in [0.29, 0.717) is 6.61 Å². The Hall–Kier alpha value is -0.170. The molecular formula is C13H26N2O3S. The first-order valence-corrected chi connectivity index (χ1v) is 8.44. The topological polar surface area (TPSA) is 58.6 Å². The third kappa shape index (κ3) is 2.82. The summed E-state index contributed by atoms with van der Waals surface area (Å²) in [6, 6.07) is -0.0256. The molecule has 0 saturated carbocycles. The Morgan fingerprint density at radius 1 is 1.26 bits per heavy atom. The Morgan fingerprint density at radius 3 is 2.37 bits per heavy atom. The maximum absolute atomic E-state index is 12.5. The van der Waals surface area contributed by atoms with Gasteiger partial charge >= 0.3 is 0 Å². The number of nitrogens with zero attached hydrogens (tertiary/aromatic N) is 1. The zero-order valence-corrected chi connectivity index (χ0v) is 13.2. The van der Waals surface area contributed by atoms with E-state index in [4.69, 9.17) is 4.74 Å². The molecule has 0 aliphatic carbocycles. The number of rotatable bonds is 2. The highest BCUT2D eigenvalue weighted by atomic mass is 32.2. The van der Waals surface area contributed by atoms with Gasteiger partial charge in [-0.2, -0.15) is 4.31 Å². The number of hydrogen-bond donors (Lipinski definition) is 1. The molecule has 0 unspecified atom stereocenters. The number of piperidine rings is 1. The second-order valence-corrected chi connectivity index (χ2v) is 9.49. The van der Waals surface area contributed by atoms with Gasteiger partial charge in [0.25, 0.3) is 0 Å². The van der Waals surface area contributed by atoms with E-state index in [-0.39, 0.29) is 11.6 Å². The normalized spacial score (nSPS) is 28.2. The van der Waals surface area contributed by atoms with Crippen molar-refractivity contribution < 1.29 is 13.2 Å². The minimum absolute atomic E-state index is 0.0256. The molecule has 0 radical (unpaired) electrons. The molecule has 1 N–H and O–H groups in total. The first-order chi connectivity index (χ1) is 8.68. The molecule has 19 heavy (non-hydrogen) atoms. The standard InChI is InChI=1S/C13H26N2O3S/c1-12(2,3)19(16,17)15(4)11-9-13(18-10-11)5-7-14-8-6-13/h11,14H,5-10H2,1-4H3/t11-/m1/s1. The fourth-order valence-corrected chi connectivity index (χ4v) is 4.30. The minimum atomic E-state index is -3.28. The zero-order chi connectivity index (χ0) is 14.3. The van der Waals surface area contributed by atoms with Gasteiger partial charge in [-0.15, -0.1) is 0 Å². The lowest BCUT2D eigenvalue weighted by Crippen LogP contribution is -2.47. The lowest BCUT2D eigenvalue weighted by Gasteiger charge is -2.34. The fraction of sp³-hybridized carbons (Fsp3) is 1.00. The molecule has 0 bridgehead atoms. The predicted molar refractivity (Wildman–Crippen MR) is 75.6 cm³/mol. The third-order valence-corrected chi connectivity index (χ3v) is 6.98. The van der Waals surface area contributed by atoms with E-state index in [2.05, 4.69) is 5.32 Å². The predicted octanol–water partition coefficient (Wildman–Crippen LogP) is 0.958. The molecule has 1 atom stereocenters. The van der Waals surface area contributed by atoms with E-state index in [1.165, 1.54) is 4.31 Å². The first-order valence-electron chi connectivity index (χ1n) is 7.00. The second-order valence-electron chi connectivity index (χ2n) is 6.74. The van der Waals surface area contributed by atoms with Crippen LogP contribution in [-0.4, -0.2) is 55.9 Å². The molecule has 2 heterocycles. The van der Waals surface area contributed by atoms with Gasteiger partial charge in [-0.3, -0.25) is 0 Å². The summed E-state index contributed by atoms with van der Waals surface area (Å²) in [6.07, 6.45) is 2.78. The van der Waals surface area contributed by atoms with Gasteiger partial charge in [-0.1, -0.05) is 0 Å². The molecular weight excluding hydrogens is 264 g/mol. The van der Waals surface area contributed by atoms with Crippen LogP contribution in [0.2, 0.25) is 0 Å². The van der Waals surface area contributed by atoms with Crippen LogP contribution in [0.5, 0.6) is 0 Å². The Kier molecular flexibility index (Phi) is 3.99. The van der Waals surface area contributed by atoms with Crippen LogP contribution in [-0.2, 0) is 14.8 Å². The molecule has 2 aliphatic heterocycles. The average Bonchev–Trinajstić information content (AvgIpc) is 2.71. The second kappa shape index (κ2) is 4.98. The Bertz CT molecular complexity index is 422. The first kappa shape index (κ1) is 15.2. The molecule has 0 aromatic heterocycles.